The quantitative estimate of drug-likeness (QED) is 0.119. The third-order valence-corrected chi connectivity index (χ3v) is 5.51. The van der Waals surface area contributed by atoms with Crippen LogP contribution in [0.3, 0.4) is 0 Å². The van der Waals surface area contributed by atoms with E-state index in [-0.39, 0.29) is 31.6 Å². The first-order valence-electron chi connectivity index (χ1n) is 11.7. The van der Waals surface area contributed by atoms with Crippen molar-refractivity contribution in [1.29, 1.82) is 0 Å². The maximum atomic E-state index is 10.0. The number of aliphatic hydroxyl groups is 1. The maximum Gasteiger partial charge on any atom is 0.155 e. The zero-order valence-corrected chi connectivity index (χ0v) is 23.6. The topological polar surface area (TPSA) is 63.3 Å². The summed E-state index contributed by atoms with van der Waals surface area (Å²) < 4.78 is 6.41. The number of ketones is 1. The molecule has 2 heterocycles. The second kappa shape index (κ2) is 12.4. The second-order valence-corrected chi connectivity index (χ2v) is 8.75. The standard InChI is InChI=1S/C27H20NO.C5H8O2.Ir/c1-18-13-19(2)15-22(14-18)24-16-25-23(17-28-24)26(20-9-5-3-6-10-20)27(29-25)21-11-7-4-8-12-21;1-4(6)3-5(2)7;/h3-14,16-17H,1-2H3;3,6H,1-2H3;/q-1;;/b;4-3-;. The Morgan fingerprint density at radius 2 is 1.54 bits per heavy atom. The minimum absolute atomic E-state index is 0. The van der Waals surface area contributed by atoms with E-state index in [9.17, 15) is 4.79 Å². The Balaban J connectivity index is 0.000000422. The van der Waals surface area contributed by atoms with Crippen molar-refractivity contribution >= 4 is 16.8 Å². The first-order chi connectivity index (χ1) is 17.3. The number of aromatic nitrogens is 1. The Kier molecular flexibility index (Phi) is 9.35. The number of pyridine rings is 1. The van der Waals surface area contributed by atoms with E-state index in [1.54, 1.807) is 0 Å². The van der Waals surface area contributed by atoms with Crippen molar-refractivity contribution in [2.45, 2.75) is 27.7 Å². The fourth-order valence-corrected chi connectivity index (χ4v) is 4.15. The molecule has 0 spiro atoms. The molecule has 1 N–H and O–H groups in total. The summed E-state index contributed by atoms with van der Waals surface area (Å²) in [5, 5.41) is 9.38. The summed E-state index contributed by atoms with van der Waals surface area (Å²) in [5.74, 6) is 0.808. The number of hydrogen-bond acceptors (Lipinski definition) is 4. The molecule has 0 aliphatic rings. The van der Waals surface area contributed by atoms with Crippen molar-refractivity contribution in [3.63, 3.8) is 0 Å². The van der Waals surface area contributed by atoms with Gasteiger partial charge in [-0.05, 0) is 31.2 Å². The van der Waals surface area contributed by atoms with Gasteiger partial charge in [-0.1, -0.05) is 74.5 Å². The molecule has 0 atom stereocenters. The molecule has 4 nitrogen and oxygen atoms in total. The number of carbonyl (C=O) groups excluding carboxylic acids is 1. The number of allylic oxidation sites excluding steroid dienone is 2. The van der Waals surface area contributed by atoms with Gasteiger partial charge in [0.15, 0.2) is 5.78 Å². The Morgan fingerprint density at radius 3 is 2.08 bits per heavy atom. The predicted molar refractivity (Wildman–Crippen MR) is 146 cm³/mol. The van der Waals surface area contributed by atoms with Crippen molar-refractivity contribution < 1.29 is 34.4 Å². The van der Waals surface area contributed by atoms with E-state index < -0.39 is 0 Å². The molecule has 5 aromatic rings. The van der Waals surface area contributed by atoms with Crippen LogP contribution in [0.2, 0.25) is 0 Å². The molecule has 37 heavy (non-hydrogen) atoms. The van der Waals surface area contributed by atoms with Crippen LogP contribution >= 0.6 is 0 Å². The zero-order chi connectivity index (χ0) is 25.7. The van der Waals surface area contributed by atoms with Gasteiger partial charge in [0.2, 0.25) is 0 Å². The van der Waals surface area contributed by atoms with Crippen LogP contribution in [0.25, 0.3) is 44.7 Å². The van der Waals surface area contributed by atoms with Gasteiger partial charge in [0.1, 0.15) is 11.3 Å². The molecule has 0 bridgehead atoms. The molecular formula is C32H28IrNO3-. The summed E-state index contributed by atoms with van der Waals surface area (Å²) in [6, 6.07) is 30.3. The summed E-state index contributed by atoms with van der Waals surface area (Å²) in [5.41, 5.74) is 8.26. The van der Waals surface area contributed by atoms with Gasteiger partial charge in [-0.2, -0.15) is 0 Å². The molecule has 1 radical (unpaired) electrons. The smallest absolute Gasteiger partial charge is 0.155 e. The molecule has 189 valence electrons. The fraction of sp³-hybridized carbons (Fsp3) is 0.125. The maximum absolute atomic E-state index is 10.0. The van der Waals surface area contributed by atoms with E-state index in [4.69, 9.17) is 14.5 Å². The van der Waals surface area contributed by atoms with Crippen LogP contribution in [-0.4, -0.2) is 15.9 Å². The summed E-state index contributed by atoms with van der Waals surface area (Å²) >= 11 is 0. The van der Waals surface area contributed by atoms with E-state index in [2.05, 4.69) is 68.4 Å². The van der Waals surface area contributed by atoms with E-state index in [1.807, 2.05) is 36.5 Å². The second-order valence-electron chi connectivity index (χ2n) is 8.75. The summed E-state index contributed by atoms with van der Waals surface area (Å²) in [7, 11) is 0. The molecule has 0 amide bonds. The van der Waals surface area contributed by atoms with Crippen LogP contribution in [0.5, 0.6) is 0 Å². The number of benzene rings is 3. The predicted octanol–water partition coefficient (Wildman–Crippen LogP) is 8.28. The van der Waals surface area contributed by atoms with Gasteiger partial charge in [-0.25, -0.2) is 0 Å². The van der Waals surface area contributed by atoms with Crippen LogP contribution in [-0.2, 0) is 24.9 Å². The first kappa shape index (κ1) is 27.8. The number of carbonyl (C=O) groups is 1. The number of nitrogens with zero attached hydrogens (tertiary/aromatic N) is 1. The van der Waals surface area contributed by atoms with Gasteiger partial charge in [0.05, 0.1) is 5.76 Å². The van der Waals surface area contributed by atoms with Gasteiger partial charge in [-0.15, -0.1) is 34.9 Å². The van der Waals surface area contributed by atoms with E-state index >= 15 is 0 Å². The van der Waals surface area contributed by atoms with Crippen molar-refractivity contribution in [3.05, 3.63) is 114 Å². The van der Waals surface area contributed by atoms with E-state index in [1.165, 1.54) is 25.5 Å². The molecule has 0 aliphatic heterocycles. The number of hydrogen-bond donors (Lipinski definition) is 1. The van der Waals surface area contributed by atoms with Gasteiger partial charge in [-0.3, -0.25) is 4.79 Å². The van der Waals surface area contributed by atoms with Crippen LogP contribution in [0.4, 0.5) is 0 Å². The average molecular weight is 667 g/mol. The number of aryl methyl sites for hydroxylation is 2. The Bertz CT molecular complexity index is 1510. The van der Waals surface area contributed by atoms with Crippen LogP contribution in [0.1, 0.15) is 25.0 Å². The summed E-state index contributed by atoms with van der Waals surface area (Å²) in [4.78, 5) is 14.8. The Labute approximate surface area is 231 Å². The molecule has 0 aliphatic carbocycles. The van der Waals surface area contributed by atoms with Crippen molar-refractivity contribution in [2.24, 2.45) is 0 Å². The molecule has 0 fully saturated rings. The molecule has 0 saturated heterocycles. The van der Waals surface area contributed by atoms with E-state index in [0.29, 0.717) is 0 Å². The molecule has 2 aromatic heterocycles. The van der Waals surface area contributed by atoms with E-state index in [0.717, 1.165) is 50.2 Å². The Hall–Kier alpha value is -3.79. The monoisotopic (exact) mass is 667 g/mol. The zero-order valence-electron chi connectivity index (χ0n) is 21.2. The molecule has 0 unspecified atom stereocenters. The molecular weight excluding hydrogens is 639 g/mol. The fourth-order valence-electron chi connectivity index (χ4n) is 4.15. The van der Waals surface area contributed by atoms with Crippen molar-refractivity contribution in [3.8, 4) is 33.7 Å². The third kappa shape index (κ3) is 6.91. The SMILES string of the molecule is CC(=O)/C=C(/C)O.Cc1[c-]c(-c2cc3oc(-c4ccccc4)c(-c4ccccc4)c3cn2)cc(C)c1.[Ir]. The number of rotatable bonds is 4. The largest absolute Gasteiger partial charge is 0.512 e. The van der Waals surface area contributed by atoms with Crippen LogP contribution in [0, 0.1) is 19.9 Å². The average Bonchev–Trinajstić information content (AvgIpc) is 3.23. The Morgan fingerprint density at radius 1 is 0.919 bits per heavy atom. The molecule has 3 aromatic carbocycles. The normalized spacial score (nSPS) is 10.9. The number of fused-ring (bicyclic) bond motifs is 1. The van der Waals surface area contributed by atoms with Gasteiger partial charge in [0.25, 0.3) is 0 Å². The first-order valence-corrected chi connectivity index (χ1v) is 11.7. The van der Waals surface area contributed by atoms with Crippen LogP contribution < -0.4 is 0 Å². The number of furan rings is 1. The van der Waals surface area contributed by atoms with Gasteiger partial charge in [0, 0.05) is 48.9 Å². The van der Waals surface area contributed by atoms with Gasteiger partial charge < -0.3 is 14.5 Å². The minimum atomic E-state index is -0.125. The van der Waals surface area contributed by atoms with Crippen LogP contribution in [0.15, 0.2) is 101 Å². The molecule has 5 heteroatoms. The van der Waals surface area contributed by atoms with Gasteiger partial charge >= 0.3 is 0 Å². The summed E-state index contributed by atoms with van der Waals surface area (Å²) in [6.45, 7) is 7.00. The molecule has 5 rings (SSSR count). The third-order valence-electron chi connectivity index (χ3n) is 5.51. The van der Waals surface area contributed by atoms with Crippen molar-refractivity contribution in [2.75, 3.05) is 0 Å². The minimum Gasteiger partial charge on any atom is -0.512 e. The summed E-state index contributed by atoms with van der Waals surface area (Å²) in [6.07, 6.45) is 3.09. The number of aliphatic hydroxyl groups excluding tert-OH is 1. The molecule has 0 saturated carbocycles. The van der Waals surface area contributed by atoms with Crippen molar-refractivity contribution in [1.82, 2.24) is 4.98 Å².